The minimum absolute atomic E-state index is 0.107. The number of fused-ring (bicyclic) bond motifs is 2. The summed E-state index contributed by atoms with van der Waals surface area (Å²) in [6, 6.07) is 12.8. The molecule has 1 amide bonds. The number of amides is 1. The molecule has 4 aromatic rings. The molecule has 2 aromatic heterocycles. The monoisotopic (exact) mass is 550 g/mol. The van der Waals surface area contributed by atoms with Crippen LogP contribution in [0.1, 0.15) is 47.2 Å². The summed E-state index contributed by atoms with van der Waals surface area (Å²) >= 11 is 0. The van der Waals surface area contributed by atoms with Crippen molar-refractivity contribution in [3.63, 3.8) is 0 Å². The van der Waals surface area contributed by atoms with E-state index >= 15 is 0 Å². The summed E-state index contributed by atoms with van der Waals surface area (Å²) in [6.45, 7) is 2.13. The van der Waals surface area contributed by atoms with Crippen molar-refractivity contribution in [1.82, 2.24) is 19.9 Å². The summed E-state index contributed by atoms with van der Waals surface area (Å²) in [4.78, 5) is 19.0. The highest BCUT2D eigenvalue weighted by atomic mass is 19.4. The maximum Gasteiger partial charge on any atom is 0.390 e. The number of hydrogen-bond acceptors (Lipinski definition) is 6. The molecule has 1 aliphatic heterocycles. The van der Waals surface area contributed by atoms with Gasteiger partial charge in [-0.05, 0) is 61.9 Å². The van der Waals surface area contributed by atoms with E-state index in [-0.39, 0.29) is 24.2 Å². The van der Waals surface area contributed by atoms with Crippen LogP contribution in [0.25, 0.3) is 16.9 Å². The number of hydrogen-bond donors (Lipinski definition) is 3. The lowest BCUT2D eigenvalue weighted by molar-refractivity contribution is -0.131. The van der Waals surface area contributed by atoms with E-state index in [1.165, 1.54) is 0 Å². The zero-order chi connectivity index (χ0) is 28.0. The van der Waals surface area contributed by atoms with Crippen LogP contribution in [-0.4, -0.2) is 50.9 Å². The highest BCUT2D eigenvalue weighted by Crippen LogP contribution is 2.40. The van der Waals surface area contributed by atoms with Gasteiger partial charge in [-0.25, -0.2) is 9.50 Å². The minimum Gasteiger partial charge on any atom is -0.506 e. The van der Waals surface area contributed by atoms with Crippen molar-refractivity contribution >= 4 is 28.7 Å². The molecule has 1 aliphatic carbocycles. The molecule has 2 aliphatic rings. The Morgan fingerprint density at radius 2 is 2.00 bits per heavy atom. The van der Waals surface area contributed by atoms with Gasteiger partial charge in [0.2, 0.25) is 0 Å². The van der Waals surface area contributed by atoms with Crippen LogP contribution in [0.3, 0.4) is 0 Å². The number of aromatic hydroxyl groups is 1. The van der Waals surface area contributed by atoms with Gasteiger partial charge in [0.05, 0.1) is 29.7 Å². The smallest absolute Gasteiger partial charge is 0.390 e. The third kappa shape index (κ3) is 5.15. The number of carbonyl (C=O) groups is 1. The SMILES string of the molecule is Cc1cc(-c2cnc3c(NCCC(F)(F)F)cc(N4CCCc5cccc(O)c54)nn23)ccc1C(=O)NC1CC1. The quantitative estimate of drug-likeness (QED) is 0.271. The number of para-hydroxylation sites is 1. The molecule has 0 bridgehead atoms. The molecule has 3 heterocycles. The molecular weight excluding hydrogens is 521 g/mol. The number of rotatable bonds is 7. The van der Waals surface area contributed by atoms with Crippen LogP contribution in [-0.2, 0) is 6.42 Å². The lowest BCUT2D eigenvalue weighted by Crippen LogP contribution is -2.26. The summed E-state index contributed by atoms with van der Waals surface area (Å²) in [6.07, 6.45) is -0.0531. The van der Waals surface area contributed by atoms with Gasteiger partial charge in [0.15, 0.2) is 11.5 Å². The number of anilines is 3. The maximum absolute atomic E-state index is 12.9. The molecular formula is C29H29F3N6O2. The van der Waals surface area contributed by atoms with Crippen LogP contribution in [0.15, 0.2) is 48.7 Å². The van der Waals surface area contributed by atoms with E-state index in [0.717, 1.165) is 42.4 Å². The van der Waals surface area contributed by atoms with Crippen molar-refractivity contribution < 1.29 is 23.1 Å². The highest BCUT2D eigenvalue weighted by Gasteiger charge is 2.28. The van der Waals surface area contributed by atoms with E-state index in [2.05, 4.69) is 15.6 Å². The number of phenolic OH excluding ortho intramolecular Hbond substituents is 1. The Kier molecular flexibility index (Phi) is 6.52. The standard InChI is InChI=1S/C29H29F3N6O2/c1-17-14-19(7-10-21(17)28(40)35-20-8-9-20)23-16-34-27-22(33-12-11-29(30,31)32)15-25(36-38(23)27)37-13-3-5-18-4-2-6-24(39)26(18)37/h2,4,6-7,10,14-16,20,33,39H,3,5,8-9,11-13H2,1H3,(H,35,40). The largest absolute Gasteiger partial charge is 0.506 e. The Morgan fingerprint density at radius 1 is 1.18 bits per heavy atom. The number of aryl methyl sites for hydroxylation is 2. The molecule has 8 nitrogen and oxygen atoms in total. The Balaban J connectivity index is 1.43. The van der Waals surface area contributed by atoms with Gasteiger partial charge in [-0.3, -0.25) is 4.79 Å². The second-order valence-electron chi connectivity index (χ2n) is 10.4. The Labute approximate surface area is 228 Å². The molecule has 208 valence electrons. The zero-order valence-corrected chi connectivity index (χ0v) is 21.9. The topological polar surface area (TPSA) is 94.8 Å². The van der Waals surface area contributed by atoms with Crippen molar-refractivity contribution in [1.29, 1.82) is 0 Å². The molecule has 11 heteroatoms. The van der Waals surface area contributed by atoms with Crippen molar-refractivity contribution in [3.8, 4) is 17.0 Å². The first-order chi connectivity index (χ1) is 19.2. The van der Waals surface area contributed by atoms with Gasteiger partial charge < -0.3 is 20.6 Å². The lowest BCUT2D eigenvalue weighted by atomic mass is 10.0. The van der Waals surface area contributed by atoms with E-state index in [0.29, 0.717) is 40.6 Å². The third-order valence-corrected chi connectivity index (χ3v) is 7.33. The molecule has 1 saturated carbocycles. The molecule has 3 N–H and O–H groups in total. The number of halogens is 3. The van der Waals surface area contributed by atoms with E-state index in [9.17, 15) is 23.1 Å². The summed E-state index contributed by atoms with van der Waals surface area (Å²) in [5, 5.41) is 21.5. The molecule has 0 unspecified atom stereocenters. The highest BCUT2D eigenvalue weighted by molar-refractivity contribution is 5.96. The maximum atomic E-state index is 12.9. The van der Waals surface area contributed by atoms with E-state index in [1.54, 1.807) is 35.0 Å². The Bertz CT molecular complexity index is 1590. The van der Waals surface area contributed by atoms with Crippen LogP contribution in [0.5, 0.6) is 5.75 Å². The van der Waals surface area contributed by atoms with Crippen molar-refractivity contribution in [2.24, 2.45) is 0 Å². The second kappa shape index (κ2) is 10.0. The first kappa shape index (κ1) is 26.0. The van der Waals surface area contributed by atoms with E-state index < -0.39 is 12.6 Å². The molecule has 0 radical (unpaired) electrons. The zero-order valence-electron chi connectivity index (χ0n) is 21.9. The number of alkyl halides is 3. The van der Waals surface area contributed by atoms with Crippen LogP contribution < -0.4 is 15.5 Å². The van der Waals surface area contributed by atoms with Crippen LogP contribution in [0.2, 0.25) is 0 Å². The number of nitrogens with one attached hydrogen (secondary N) is 2. The van der Waals surface area contributed by atoms with E-state index in [4.69, 9.17) is 5.10 Å². The number of imidazole rings is 1. The average molecular weight is 551 g/mol. The van der Waals surface area contributed by atoms with Crippen LogP contribution >= 0.6 is 0 Å². The molecule has 6 rings (SSSR count). The van der Waals surface area contributed by atoms with Gasteiger partial charge in [-0.15, -0.1) is 5.10 Å². The van der Waals surface area contributed by atoms with Gasteiger partial charge >= 0.3 is 6.18 Å². The molecule has 40 heavy (non-hydrogen) atoms. The van der Waals surface area contributed by atoms with Gasteiger partial charge in [0, 0.05) is 36.3 Å². The molecule has 0 saturated heterocycles. The number of nitrogens with zero attached hydrogens (tertiary/aromatic N) is 4. The fourth-order valence-electron chi connectivity index (χ4n) is 5.18. The predicted octanol–water partition coefficient (Wildman–Crippen LogP) is 5.75. The van der Waals surface area contributed by atoms with Gasteiger partial charge in [-0.1, -0.05) is 18.2 Å². The first-order valence-corrected chi connectivity index (χ1v) is 13.4. The Hall–Kier alpha value is -4.28. The normalized spacial score (nSPS) is 15.2. The van der Waals surface area contributed by atoms with Crippen molar-refractivity contribution in [3.05, 3.63) is 65.4 Å². The fourth-order valence-corrected chi connectivity index (χ4v) is 5.18. The summed E-state index contributed by atoms with van der Waals surface area (Å²) in [5.74, 6) is 0.484. The van der Waals surface area contributed by atoms with Crippen molar-refractivity contribution in [2.75, 3.05) is 23.3 Å². The fraction of sp³-hybridized carbons (Fsp3) is 0.345. The first-order valence-electron chi connectivity index (χ1n) is 13.4. The predicted molar refractivity (Wildman–Crippen MR) is 146 cm³/mol. The van der Waals surface area contributed by atoms with Crippen LogP contribution in [0, 0.1) is 6.92 Å². The minimum atomic E-state index is -4.30. The number of benzene rings is 2. The summed E-state index contributed by atoms with van der Waals surface area (Å²) < 4.78 is 40.4. The molecule has 0 atom stereocenters. The number of phenols is 1. The average Bonchev–Trinajstić information content (AvgIpc) is 3.62. The molecule has 1 fully saturated rings. The number of aromatic nitrogens is 3. The third-order valence-electron chi connectivity index (χ3n) is 7.33. The van der Waals surface area contributed by atoms with Gasteiger partial charge in [0.1, 0.15) is 5.75 Å². The van der Waals surface area contributed by atoms with Gasteiger partial charge in [0.25, 0.3) is 5.91 Å². The number of carbonyl (C=O) groups excluding carboxylic acids is 1. The van der Waals surface area contributed by atoms with Crippen molar-refractivity contribution in [2.45, 2.75) is 51.2 Å². The second-order valence-corrected chi connectivity index (χ2v) is 10.4. The van der Waals surface area contributed by atoms with Gasteiger partial charge in [-0.2, -0.15) is 13.2 Å². The lowest BCUT2D eigenvalue weighted by Gasteiger charge is -2.31. The summed E-state index contributed by atoms with van der Waals surface area (Å²) in [5.41, 5.74) is 5.17. The Morgan fingerprint density at radius 3 is 2.75 bits per heavy atom. The summed E-state index contributed by atoms with van der Waals surface area (Å²) in [7, 11) is 0. The van der Waals surface area contributed by atoms with Crippen LogP contribution in [0.4, 0.5) is 30.4 Å². The molecule has 2 aromatic carbocycles. The molecule has 0 spiro atoms. The van der Waals surface area contributed by atoms with E-state index in [1.807, 2.05) is 30.0 Å².